The monoisotopic (exact) mass is 280 g/mol. The Bertz CT molecular complexity index is 404. The van der Waals surface area contributed by atoms with Crippen LogP contribution < -0.4 is 15.8 Å². The van der Waals surface area contributed by atoms with E-state index in [4.69, 9.17) is 15.2 Å². The standard InChI is InChI=1S/C15H24N2O3/c1-3-6-13(10-19-2)17-15(18)11-20-14-8-5-4-7-12(14)9-16/h4-5,7-8,13H,3,6,9-11,16H2,1-2H3,(H,17,18). The Kier molecular flexibility index (Phi) is 7.69. The van der Waals surface area contributed by atoms with Gasteiger partial charge in [0.25, 0.3) is 5.91 Å². The molecular formula is C15H24N2O3. The molecule has 20 heavy (non-hydrogen) atoms. The summed E-state index contributed by atoms with van der Waals surface area (Å²) >= 11 is 0. The Labute approximate surface area is 120 Å². The molecule has 0 heterocycles. The summed E-state index contributed by atoms with van der Waals surface area (Å²) in [6, 6.07) is 7.49. The Balaban J connectivity index is 2.45. The van der Waals surface area contributed by atoms with Crippen LogP contribution in [0.5, 0.6) is 5.75 Å². The largest absolute Gasteiger partial charge is 0.483 e. The quantitative estimate of drug-likeness (QED) is 0.718. The van der Waals surface area contributed by atoms with Gasteiger partial charge in [-0.3, -0.25) is 4.79 Å². The van der Waals surface area contributed by atoms with Crippen molar-refractivity contribution in [2.75, 3.05) is 20.3 Å². The molecular weight excluding hydrogens is 256 g/mol. The fourth-order valence-corrected chi connectivity index (χ4v) is 1.97. The van der Waals surface area contributed by atoms with Crippen LogP contribution in [0.25, 0.3) is 0 Å². The lowest BCUT2D eigenvalue weighted by Gasteiger charge is -2.17. The van der Waals surface area contributed by atoms with Crippen LogP contribution in [-0.2, 0) is 16.1 Å². The molecule has 1 rings (SSSR count). The highest BCUT2D eigenvalue weighted by Gasteiger charge is 2.12. The third-order valence-corrected chi connectivity index (χ3v) is 2.92. The zero-order valence-electron chi connectivity index (χ0n) is 12.2. The van der Waals surface area contributed by atoms with Gasteiger partial charge >= 0.3 is 0 Å². The number of methoxy groups -OCH3 is 1. The highest BCUT2D eigenvalue weighted by Crippen LogP contribution is 2.16. The Morgan fingerprint density at radius 2 is 2.15 bits per heavy atom. The third-order valence-electron chi connectivity index (χ3n) is 2.92. The number of para-hydroxylation sites is 1. The van der Waals surface area contributed by atoms with Crippen molar-refractivity contribution in [2.45, 2.75) is 32.4 Å². The van der Waals surface area contributed by atoms with E-state index in [1.807, 2.05) is 24.3 Å². The first-order valence-corrected chi connectivity index (χ1v) is 6.90. The summed E-state index contributed by atoms with van der Waals surface area (Å²) in [6.07, 6.45) is 1.88. The number of ether oxygens (including phenoxy) is 2. The van der Waals surface area contributed by atoms with E-state index in [2.05, 4.69) is 12.2 Å². The minimum Gasteiger partial charge on any atom is -0.483 e. The molecule has 1 amide bonds. The second kappa shape index (κ2) is 9.34. The number of carbonyl (C=O) groups is 1. The van der Waals surface area contributed by atoms with E-state index in [0.717, 1.165) is 18.4 Å². The van der Waals surface area contributed by atoms with E-state index < -0.39 is 0 Å². The van der Waals surface area contributed by atoms with Gasteiger partial charge in [0.2, 0.25) is 0 Å². The summed E-state index contributed by atoms with van der Waals surface area (Å²) in [5.41, 5.74) is 6.51. The number of hydrogen-bond donors (Lipinski definition) is 2. The van der Waals surface area contributed by atoms with Gasteiger partial charge in [0.05, 0.1) is 12.6 Å². The number of carbonyl (C=O) groups excluding carboxylic acids is 1. The lowest BCUT2D eigenvalue weighted by Crippen LogP contribution is -2.40. The highest BCUT2D eigenvalue weighted by atomic mass is 16.5. The van der Waals surface area contributed by atoms with Crippen molar-refractivity contribution >= 4 is 5.91 Å². The molecule has 0 aliphatic rings. The molecule has 1 aromatic rings. The fourth-order valence-electron chi connectivity index (χ4n) is 1.97. The van der Waals surface area contributed by atoms with Crippen LogP contribution in [-0.4, -0.2) is 32.3 Å². The van der Waals surface area contributed by atoms with Crippen molar-refractivity contribution in [1.82, 2.24) is 5.32 Å². The van der Waals surface area contributed by atoms with Crippen LogP contribution in [0, 0.1) is 0 Å². The molecule has 3 N–H and O–H groups in total. The third kappa shape index (κ3) is 5.59. The normalized spacial score (nSPS) is 11.9. The molecule has 0 aliphatic heterocycles. The van der Waals surface area contributed by atoms with Crippen LogP contribution in [0.4, 0.5) is 0 Å². The molecule has 1 unspecified atom stereocenters. The van der Waals surface area contributed by atoms with Gasteiger partial charge in [-0.05, 0) is 12.5 Å². The second-order valence-electron chi connectivity index (χ2n) is 4.61. The van der Waals surface area contributed by atoms with Crippen LogP contribution in [0.3, 0.4) is 0 Å². The Morgan fingerprint density at radius 3 is 2.80 bits per heavy atom. The summed E-state index contributed by atoms with van der Waals surface area (Å²) in [4.78, 5) is 11.9. The maximum absolute atomic E-state index is 11.9. The lowest BCUT2D eigenvalue weighted by molar-refractivity contribution is -0.124. The van der Waals surface area contributed by atoms with Crippen molar-refractivity contribution in [3.8, 4) is 5.75 Å². The molecule has 0 fully saturated rings. The van der Waals surface area contributed by atoms with Gasteiger partial charge in [-0.25, -0.2) is 0 Å². The first-order valence-electron chi connectivity index (χ1n) is 6.90. The molecule has 0 bridgehead atoms. The summed E-state index contributed by atoms with van der Waals surface area (Å²) in [5.74, 6) is 0.510. The van der Waals surface area contributed by atoms with Gasteiger partial charge in [0.15, 0.2) is 6.61 Å². The van der Waals surface area contributed by atoms with Gasteiger partial charge in [0.1, 0.15) is 5.75 Å². The predicted octanol–water partition coefficient (Wildman–Crippen LogP) is 1.46. The molecule has 1 atom stereocenters. The van der Waals surface area contributed by atoms with Gasteiger partial charge in [-0.2, -0.15) is 0 Å². The SMILES string of the molecule is CCCC(COC)NC(=O)COc1ccccc1CN. The maximum Gasteiger partial charge on any atom is 0.258 e. The molecule has 112 valence electrons. The number of hydrogen-bond acceptors (Lipinski definition) is 4. The van der Waals surface area contributed by atoms with E-state index in [9.17, 15) is 4.79 Å². The number of amides is 1. The maximum atomic E-state index is 11.9. The average Bonchev–Trinajstić information content (AvgIpc) is 2.46. The van der Waals surface area contributed by atoms with Crippen LogP contribution in [0.15, 0.2) is 24.3 Å². The first-order chi connectivity index (χ1) is 9.71. The molecule has 0 aliphatic carbocycles. The smallest absolute Gasteiger partial charge is 0.258 e. The fraction of sp³-hybridized carbons (Fsp3) is 0.533. The average molecular weight is 280 g/mol. The minimum atomic E-state index is -0.146. The van der Waals surface area contributed by atoms with E-state index in [1.54, 1.807) is 7.11 Å². The summed E-state index contributed by atoms with van der Waals surface area (Å²) in [6.45, 7) is 2.96. The molecule has 0 aromatic heterocycles. The van der Waals surface area contributed by atoms with Crippen LogP contribution >= 0.6 is 0 Å². The molecule has 0 spiro atoms. The number of nitrogens with one attached hydrogen (secondary N) is 1. The molecule has 5 heteroatoms. The van der Waals surface area contributed by atoms with Crippen molar-refractivity contribution in [3.63, 3.8) is 0 Å². The van der Waals surface area contributed by atoms with E-state index in [1.165, 1.54) is 0 Å². The van der Waals surface area contributed by atoms with E-state index in [0.29, 0.717) is 18.9 Å². The molecule has 0 radical (unpaired) electrons. The molecule has 0 saturated carbocycles. The summed E-state index contributed by atoms with van der Waals surface area (Å²) < 4.78 is 10.6. The number of rotatable bonds is 9. The van der Waals surface area contributed by atoms with Gasteiger partial charge in [0, 0.05) is 19.2 Å². The first kappa shape index (κ1) is 16.5. The summed E-state index contributed by atoms with van der Waals surface area (Å²) in [7, 11) is 1.63. The number of nitrogens with two attached hydrogens (primary N) is 1. The summed E-state index contributed by atoms with van der Waals surface area (Å²) in [5, 5.41) is 2.91. The van der Waals surface area contributed by atoms with Gasteiger partial charge in [-0.1, -0.05) is 31.5 Å². The van der Waals surface area contributed by atoms with Crippen LogP contribution in [0.2, 0.25) is 0 Å². The number of benzene rings is 1. The zero-order valence-corrected chi connectivity index (χ0v) is 12.2. The van der Waals surface area contributed by atoms with Crippen molar-refractivity contribution in [2.24, 2.45) is 5.73 Å². The topological polar surface area (TPSA) is 73.6 Å². The predicted molar refractivity (Wildman–Crippen MR) is 78.5 cm³/mol. The highest BCUT2D eigenvalue weighted by molar-refractivity contribution is 5.77. The Hall–Kier alpha value is -1.59. The Morgan fingerprint density at radius 1 is 1.40 bits per heavy atom. The molecule has 5 nitrogen and oxygen atoms in total. The van der Waals surface area contributed by atoms with Gasteiger partial charge < -0.3 is 20.5 Å². The van der Waals surface area contributed by atoms with Crippen molar-refractivity contribution in [1.29, 1.82) is 0 Å². The molecule has 1 aromatic carbocycles. The van der Waals surface area contributed by atoms with E-state index >= 15 is 0 Å². The second-order valence-corrected chi connectivity index (χ2v) is 4.61. The van der Waals surface area contributed by atoms with Gasteiger partial charge in [-0.15, -0.1) is 0 Å². The van der Waals surface area contributed by atoms with E-state index in [-0.39, 0.29) is 18.6 Å². The molecule has 0 saturated heterocycles. The van der Waals surface area contributed by atoms with Crippen molar-refractivity contribution in [3.05, 3.63) is 29.8 Å². The van der Waals surface area contributed by atoms with Crippen LogP contribution in [0.1, 0.15) is 25.3 Å². The van der Waals surface area contributed by atoms with Crippen molar-refractivity contribution < 1.29 is 14.3 Å². The minimum absolute atomic E-state index is 0.0130. The zero-order chi connectivity index (χ0) is 14.8. The lowest BCUT2D eigenvalue weighted by atomic mass is 10.2.